The van der Waals surface area contributed by atoms with E-state index in [0.29, 0.717) is 0 Å². The zero-order valence-corrected chi connectivity index (χ0v) is 26.3. The molecule has 0 atom stereocenters. The van der Waals surface area contributed by atoms with Gasteiger partial charge in [0.05, 0.1) is 11.4 Å². The normalized spacial score (nSPS) is 12.0. The number of nitrogens with zero attached hydrogens (tertiary/aromatic N) is 2. The van der Waals surface area contributed by atoms with Crippen LogP contribution in [0.15, 0.2) is 133 Å². The molecule has 0 spiro atoms. The Morgan fingerprint density at radius 2 is 0.733 bits per heavy atom. The predicted molar refractivity (Wildman–Crippen MR) is 197 cm³/mol. The van der Waals surface area contributed by atoms with Gasteiger partial charge in [-0.1, -0.05) is 78.9 Å². The van der Waals surface area contributed by atoms with Gasteiger partial charge in [-0.3, -0.25) is 0 Å². The third-order valence-electron chi connectivity index (χ3n) is 8.71. The highest BCUT2D eigenvalue weighted by Crippen LogP contribution is 2.40. The summed E-state index contributed by atoms with van der Waals surface area (Å²) in [5.41, 5.74) is 5.09. The average Bonchev–Trinajstić information content (AvgIpc) is 3.78. The van der Waals surface area contributed by atoms with Crippen molar-refractivity contribution >= 4 is 94.5 Å². The maximum atomic E-state index is 5.23. The third kappa shape index (κ3) is 4.05. The van der Waals surface area contributed by atoms with Crippen molar-refractivity contribution in [1.29, 1.82) is 0 Å². The van der Waals surface area contributed by atoms with Gasteiger partial charge in [0, 0.05) is 77.2 Å². The smallest absolute Gasteiger partial charge is 0.160 e. The van der Waals surface area contributed by atoms with Crippen LogP contribution in [-0.4, -0.2) is 9.97 Å². The van der Waals surface area contributed by atoms with E-state index in [4.69, 9.17) is 9.97 Å². The van der Waals surface area contributed by atoms with Crippen LogP contribution in [0.5, 0.6) is 0 Å². The minimum Gasteiger partial charge on any atom is -0.228 e. The zero-order valence-electron chi connectivity index (χ0n) is 23.8. The Balaban J connectivity index is 1.19. The lowest BCUT2D eigenvalue weighted by molar-refractivity contribution is 1.19. The maximum absolute atomic E-state index is 5.23. The van der Waals surface area contributed by atoms with Gasteiger partial charge in [0.15, 0.2) is 5.82 Å². The Kier molecular flexibility index (Phi) is 5.52. The zero-order chi connectivity index (χ0) is 29.5. The van der Waals surface area contributed by atoms with Crippen LogP contribution < -0.4 is 0 Å². The van der Waals surface area contributed by atoms with Crippen molar-refractivity contribution in [3.63, 3.8) is 0 Å². The summed E-state index contributed by atoms with van der Waals surface area (Å²) in [6.07, 6.45) is 0. The van der Waals surface area contributed by atoms with Gasteiger partial charge >= 0.3 is 0 Å². The molecule has 10 rings (SSSR count). The Morgan fingerprint density at radius 3 is 1.29 bits per heavy atom. The summed E-state index contributed by atoms with van der Waals surface area (Å²) in [5, 5.41) is 7.72. The first-order chi connectivity index (χ1) is 22.2. The molecule has 0 radical (unpaired) electrons. The number of thiophene rings is 3. The van der Waals surface area contributed by atoms with E-state index in [0.717, 1.165) is 33.9 Å². The van der Waals surface area contributed by atoms with E-state index in [1.54, 1.807) is 0 Å². The molecule has 0 aliphatic carbocycles. The number of hydrogen-bond acceptors (Lipinski definition) is 5. The topological polar surface area (TPSA) is 25.8 Å². The van der Waals surface area contributed by atoms with E-state index in [1.807, 2.05) is 34.0 Å². The van der Waals surface area contributed by atoms with Crippen LogP contribution in [0.25, 0.3) is 94.4 Å². The second kappa shape index (κ2) is 9.78. The van der Waals surface area contributed by atoms with Crippen molar-refractivity contribution in [3.8, 4) is 33.9 Å². The molecule has 45 heavy (non-hydrogen) atoms. The lowest BCUT2D eigenvalue weighted by Gasteiger charge is -2.10. The molecule has 0 aliphatic rings. The van der Waals surface area contributed by atoms with Crippen LogP contribution in [0.4, 0.5) is 0 Å². The monoisotopic (exact) mass is 626 g/mol. The molecule has 5 heteroatoms. The van der Waals surface area contributed by atoms with Gasteiger partial charge in [0.25, 0.3) is 0 Å². The molecular formula is C40H22N2S3. The molecule has 0 bridgehead atoms. The van der Waals surface area contributed by atoms with Crippen LogP contribution in [0.3, 0.4) is 0 Å². The highest BCUT2D eigenvalue weighted by Gasteiger charge is 2.15. The molecule has 10 aromatic rings. The average molecular weight is 627 g/mol. The number of rotatable bonds is 3. The van der Waals surface area contributed by atoms with Crippen molar-refractivity contribution < 1.29 is 0 Å². The quantitative estimate of drug-likeness (QED) is 0.195. The molecule has 6 aromatic carbocycles. The summed E-state index contributed by atoms with van der Waals surface area (Å²) in [6, 6.07) is 48.2. The molecule has 4 aromatic heterocycles. The molecule has 0 saturated heterocycles. The molecule has 0 aliphatic heterocycles. The molecule has 0 saturated carbocycles. The SMILES string of the molecule is c1ccc2c(c1)sc1cc(-c3cc(-c4ccc5c(c4)sc4ccccc45)nc(-c4ccc5sc6ccccc6c5c4)n3)ccc12. The van der Waals surface area contributed by atoms with Gasteiger partial charge in [0.1, 0.15) is 0 Å². The summed E-state index contributed by atoms with van der Waals surface area (Å²) >= 11 is 5.51. The van der Waals surface area contributed by atoms with Gasteiger partial charge < -0.3 is 0 Å². The number of aromatic nitrogens is 2. The summed E-state index contributed by atoms with van der Waals surface area (Å²) in [6.45, 7) is 0. The second-order valence-electron chi connectivity index (χ2n) is 11.4. The first kappa shape index (κ1) is 25.4. The van der Waals surface area contributed by atoms with E-state index in [2.05, 4.69) is 133 Å². The second-order valence-corrected chi connectivity index (χ2v) is 14.6. The van der Waals surface area contributed by atoms with E-state index in [9.17, 15) is 0 Å². The summed E-state index contributed by atoms with van der Waals surface area (Å²) in [5.74, 6) is 0.743. The van der Waals surface area contributed by atoms with Crippen LogP contribution in [0, 0.1) is 0 Å². The first-order valence-corrected chi connectivity index (χ1v) is 17.3. The molecular weight excluding hydrogens is 605 g/mol. The van der Waals surface area contributed by atoms with Crippen molar-refractivity contribution in [1.82, 2.24) is 9.97 Å². The number of hydrogen-bond donors (Lipinski definition) is 0. The van der Waals surface area contributed by atoms with Crippen LogP contribution >= 0.6 is 34.0 Å². The van der Waals surface area contributed by atoms with E-state index < -0.39 is 0 Å². The molecule has 0 unspecified atom stereocenters. The summed E-state index contributed by atoms with van der Waals surface area (Å²) < 4.78 is 7.74. The fraction of sp³-hybridized carbons (Fsp3) is 0. The minimum absolute atomic E-state index is 0.743. The van der Waals surface area contributed by atoms with Gasteiger partial charge in [-0.05, 0) is 54.6 Å². The lowest BCUT2D eigenvalue weighted by atomic mass is 10.0. The van der Waals surface area contributed by atoms with Crippen molar-refractivity contribution in [2.75, 3.05) is 0 Å². The van der Waals surface area contributed by atoms with E-state index in [-0.39, 0.29) is 0 Å². The fourth-order valence-corrected chi connectivity index (χ4v) is 9.88. The predicted octanol–water partition coefficient (Wildman–Crippen LogP) is 12.6. The van der Waals surface area contributed by atoms with E-state index in [1.165, 1.54) is 60.5 Å². The van der Waals surface area contributed by atoms with Crippen LogP contribution in [-0.2, 0) is 0 Å². The van der Waals surface area contributed by atoms with Crippen molar-refractivity contribution in [3.05, 3.63) is 133 Å². The lowest BCUT2D eigenvalue weighted by Crippen LogP contribution is -1.96. The third-order valence-corrected chi connectivity index (χ3v) is 12.1. The van der Waals surface area contributed by atoms with Crippen LogP contribution in [0.1, 0.15) is 0 Å². The van der Waals surface area contributed by atoms with E-state index >= 15 is 0 Å². The molecule has 0 N–H and O–H groups in total. The summed E-state index contributed by atoms with van der Waals surface area (Å²) in [7, 11) is 0. The highest BCUT2D eigenvalue weighted by atomic mass is 32.1. The molecule has 4 heterocycles. The number of benzene rings is 6. The van der Waals surface area contributed by atoms with Gasteiger partial charge in [-0.25, -0.2) is 9.97 Å². The van der Waals surface area contributed by atoms with Crippen LogP contribution in [0.2, 0.25) is 0 Å². The maximum Gasteiger partial charge on any atom is 0.160 e. The Labute approximate surface area is 270 Å². The fourth-order valence-electron chi connectivity index (χ4n) is 6.51. The Hall–Kier alpha value is -4.94. The largest absolute Gasteiger partial charge is 0.228 e. The van der Waals surface area contributed by atoms with Gasteiger partial charge in [0.2, 0.25) is 0 Å². The molecule has 0 fully saturated rings. The van der Waals surface area contributed by atoms with Crippen molar-refractivity contribution in [2.24, 2.45) is 0 Å². The van der Waals surface area contributed by atoms with Gasteiger partial charge in [-0.2, -0.15) is 0 Å². The van der Waals surface area contributed by atoms with Crippen molar-refractivity contribution in [2.45, 2.75) is 0 Å². The molecule has 210 valence electrons. The summed E-state index contributed by atoms with van der Waals surface area (Å²) in [4.78, 5) is 10.5. The Morgan fingerprint density at radius 1 is 0.311 bits per heavy atom. The highest BCUT2D eigenvalue weighted by molar-refractivity contribution is 7.26. The minimum atomic E-state index is 0.743. The van der Waals surface area contributed by atoms with Gasteiger partial charge in [-0.15, -0.1) is 34.0 Å². The standard InChI is InChI=1S/C40H22N2S3/c1-4-10-34-26(7-1)29-16-13-23(20-38(29)44-34)32-22-33(24-14-17-30-27-8-2-5-11-35(27)45-39(30)21-24)42-40(41-32)25-15-18-37-31(19-25)28-9-3-6-12-36(28)43-37/h1-22H. The molecule has 2 nitrogen and oxygen atoms in total. The number of fused-ring (bicyclic) bond motifs is 9. The Bertz CT molecular complexity index is 2650. The molecule has 0 amide bonds. The first-order valence-electron chi connectivity index (χ1n) is 14.9.